The number of Topliss-reactive ketones (excluding diaryl/α,β-unsaturated/α-hetero) is 1. The summed E-state index contributed by atoms with van der Waals surface area (Å²) in [6.45, 7) is 10.5. The fourth-order valence-corrected chi connectivity index (χ4v) is 1.71. The predicted octanol–water partition coefficient (Wildman–Crippen LogP) is 2.81. The van der Waals surface area contributed by atoms with Gasteiger partial charge >= 0.3 is 0 Å². The molecule has 1 saturated carbocycles. The summed E-state index contributed by atoms with van der Waals surface area (Å²) in [6.07, 6.45) is 1.90. The summed E-state index contributed by atoms with van der Waals surface area (Å²) in [7, 11) is 0. The lowest BCUT2D eigenvalue weighted by molar-refractivity contribution is -0.171. The van der Waals surface area contributed by atoms with Crippen molar-refractivity contribution in [2.75, 3.05) is 0 Å². The van der Waals surface area contributed by atoms with Crippen molar-refractivity contribution in [2.24, 2.45) is 11.3 Å². The molecule has 0 aromatic heterocycles. The normalized spacial score (nSPS) is 34.4. The van der Waals surface area contributed by atoms with E-state index in [2.05, 4.69) is 27.7 Å². The van der Waals surface area contributed by atoms with Crippen LogP contribution in [-0.2, 0) is 9.53 Å². The van der Waals surface area contributed by atoms with Crippen molar-refractivity contribution in [3.8, 4) is 0 Å². The second-order valence-electron chi connectivity index (χ2n) is 4.97. The molecule has 0 amide bonds. The van der Waals surface area contributed by atoms with Gasteiger partial charge in [0.1, 0.15) is 5.78 Å². The molecule has 1 fully saturated rings. The van der Waals surface area contributed by atoms with Gasteiger partial charge in [0, 0.05) is 6.42 Å². The molecule has 2 heteroatoms. The van der Waals surface area contributed by atoms with Gasteiger partial charge in [-0.25, -0.2) is 0 Å². The number of rotatable bonds is 4. The Balaban J connectivity index is 2.52. The molecule has 1 rings (SSSR count). The predicted molar refractivity (Wildman–Crippen MR) is 57.2 cm³/mol. The lowest BCUT2D eigenvalue weighted by Crippen LogP contribution is -2.54. The van der Waals surface area contributed by atoms with Crippen LogP contribution in [0.3, 0.4) is 0 Å². The van der Waals surface area contributed by atoms with E-state index in [0.717, 1.165) is 6.42 Å². The molecule has 82 valence electrons. The van der Waals surface area contributed by atoms with Crippen molar-refractivity contribution in [3.63, 3.8) is 0 Å². The van der Waals surface area contributed by atoms with Crippen molar-refractivity contribution in [1.29, 1.82) is 0 Å². The van der Waals surface area contributed by atoms with Crippen LogP contribution in [0.15, 0.2) is 0 Å². The number of ether oxygens (including phenoxy) is 1. The highest BCUT2D eigenvalue weighted by Gasteiger charge is 2.51. The molecule has 0 aromatic rings. The molecule has 3 atom stereocenters. The molecule has 1 aliphatic carbocycles. The molecule has 0 heterocycles. The SMILES string of the molecule is CCC1(C)C(=O)CC1OC(C)C(C)C. The molecule has 0 bridgehead atoms. The van der Waals surface area contributed by atoms with E-state index in [1.807, 2.05) is 6.92 Å². The number of hydrogen-bond acceptors (Lipinski definition) is 2. The third-order valence-electron chi connectivity index (χ3n) is 3.77. The smallest absolute Gasteiger partial charge is 0.143 e. The highest BCUT2D eigenvalue weighted by molar-refractivity contribution is 5.91. The first-order valence-electron chi connectivity index (χ1n) is 5.60. The highest BCUT2D eigenvalue weighted by Crippen LogP contribution is 2.43. The van der Waals surface area contributed by atoms with E-state index in [1.165, 1.54) is 0 Å². The molecule has 1 aliphatic rings. The van der Waals surface area contributed by atoms with Crippen LogP contribution in [0.5, 0.6) is 0 Å². The molecule has 0 radical (unpaired) electrons. The van der Waals surface area contributed by atoms with Crippen LogP contribution in [0.1, 0.15) is 47.5 Å². The molecule has 2 nitrogen and oxygen atoms in total. The first-order valence-corrected chi connectivity index (χ1v) is 5.60. The van der Waals surface area contributed by atoms with Gasteiger partial charge in [-0.05, 0) is 19.3 Å². The standard InChI is InChI=1S/C12H22O2/c1-6-12(5)10(13)7-11(12)14-9(4)8(2)3/h8-9,11H,6-7H2,1-5H3. The minimum atomic E-state index is -0.205. The van der Waals surface area contributed by atoms with Crippen LogP contribution >= 0.6 is 0 Å². The minimum Gasteiger partial charge on any atom is -0.374 e. The van der Waals surface area contributed by atoms with Gasteiger partial charge in [-0.1, -0.05) is 27.7 Å². The van der Waals surface area contributed by atoms with Crippen LogP contribution < -0.4 is 0 Å². The molecule has 0 N–H and O–H groups in total. The Kier molecular flexibility index (Phi) is 3.36. The van der Waals surface area contributed by atoms with Gasteiger partial charge in [0.15, 0.2) is 0 Å². The zero-order chi connectivity index (χ0) is 10.9. The van der Waals surface area contributed by atoms with E-state index >= 15 is 0 Å². The first kappa shape index (κ1) is 11.7. The third kappa shape index (κ3) is 1.85. The van der Waals surface area contributed by atoms with Gasteiger partial charge in [-0.2, -0.15) is 0 Å². The van der Waals surface area contributed by atoms with Crippen LogP contribution in [-0.4, -0.2) is 18.0 Å². The van der Waals surface area contributed by atoms with Gasteiger partial charge < -0.3 is 4.74 Å². The summed E-state index contributed by atoms with van der Waals surface area (Å²) in [5.74, 6) is 0.882. The zero-order valence-corrected chi connectivity index (χ0v) is 9.96. The largest absolute Gasteiger partial charge is 0.374 e. The molecule has 3 unspecified atom stereocenters. The van der Waals surface area contributed by atoms with E-state index < -0.39 is 0 Å². The maximum atomic E-state index is 11.5. The summed E-state index contributed by atoms with van der Waals surface area (Å²) >= 11 is 0. The fraction of sp³-hybridized carbons (Fsp3) is 0.917. The lowest BCUT2D eigenvalue weighted by atomic mass is 9.64. The second-order valence-corrected chi connectivity index (χ2v) is 4.97. The Morgan fingerprint density at radius 3 is 2.43 bits per heavy atom. The summed E-state index contributed by atoms with van der Waals surface area (Å²) in [4.78, 5) is 11.5. The summed E-state index contributed by atoms with van der Waals surface area (Å²) in [5.41, 5.74) is -0.205. The highest BCUT2D eigenvalue weighted by atomic mass is 16.5. The van der Waals surface area contributed by atoms with Crippen molar-refractivity contribution in [3.05, 3.63) is 0 Å². The van der Waals surface area contributed by atoms with Crippen molar-refractivity contribution in [2.45, 2.75) is 59.7 Å². The van der Waals surface area contributed by atoms with Crippen LogP contribution in [0, 0.1) is 11.3 Å². The maximum absolute atomic E-state index is 11.5. The molecule has 14 heavy (non-hydrogen) atoms. The monoisotopic (exact) mass is 198 g/mol. The fourth-order valence-electron chi connectivity index (χ4n) is 1.71. The summed E-state index contributed by atoms with van der Waals surface area (Å²) < 4.78 is 5.90. The van der Waals surface area contributed by atoms with Crippen molar-refractivity contribution >= 4 is 5.78 Å². The average Bonchev–Trinajstić information content (AvgIpc) is 2.15. The number of hydrogen-bond donors (Lipinski definition) is 0. The number of carbonyl (C=O) groups excluding carboxylic acids is 1. The van der Waals surface area contributed by atoms with Crippen LogP contribution in [0.2, 0.25) is 0 Å². The molecule has 0 aliphatic heterocycles. The molecule has 0 saturated heterocycles. The third-order valence-corrected chi connectivity index (χ3v) is 3.77. The number of ketones is 1. The van der Waals surface area contributed by atoms with Crippen molar-refractivity contribution in [1.82, 2.24) is 0 Å². The maximum Gasteiger partial charge on any atom is 0.143 e. The average molecular weight is 198 g/mol. The molecule has 0 aromatic carbocycles. The van der Waals surface area contributed by atoms with Gasteiger partial charge in [0.05, 0.1) is 17.6 Å². The number of carbonyl (C=O) groups is 1. The van der Waals surface area contributed by atoms with Gasteiger partial charge in [0.25, 0.3) is 0 Å². The molecular formula is C12H22O2. The second kappa shape index (κ2) is 4.01. The van der Waals surface area contributed by atoms with Crippen molar-refractivity contribution < 1.29 is 9.53 Å². The topological polar surface area (TPSA) is 26.3 Å². The van der Waals surface area contributed by atoms with Gasteiger partial charge in [-0.15, -0.1) is 0 Å². The van der Waals surface area contributed by atoms with E-state index in [0.29, 0.717) is 18.1 Å². The minimum absolute atomic E-state index is 0.150. The quantitative estimate of drug-likeness (QED) is 0.694. The Morgan fingerprint density at radius 2 is 2.07 bits per heavy atom. The van der Waals surface area contributed by atoms with Crippen LogP contribution in [0.25, 0.3) is 0 Å². The van der Waals surface area contributed by atoms with E-state index in [4.69, 9.17) is 4.74 Å². The summed E-state index contributed by atoms with van der Waals surface area (Å²) in [6, 6.07) is 0. The van der Waals surface area contributed by atoms with Crippen LogP contribution in [0.4, 0.5) is 0 Å². The Labute approximate surface area is 87.0 Å². The first-order chi connectivity index (χ1) is 6.41. The van der Waals surface area contributed by atoms with E-state index in [9.17, 15) is 4.79 Å². The lowest BCUT2D eigenvalue weighted by Gasteiger charge is -2.45. The molecular weight excluding hydrogens is 176 g/mol. The zero-order valence-electron chi connectivity index (χ0n) is 9.96. The summed E-state index contributed by atoms with van der Waals surface area (Å²) in [5, 5.41) is 0. The Hall–Kier alpha value is -0.370. The molecule has 0 spiro atoms. The van der Waals surface area contributed by atoms with E-state index in [-0.39, 0.29) is 17.6 Å². The van der Waals surface area contributed by atoms with E-state index in [1.54, 1.807) is 0 Å². The van der Waals surface area contributed by atoms with Gasteiger partial charge in [-0.3, -0.25) is 4.79 Å². The Bertz CT molecular complexity index is 222. The van der Waals surface area contributed by atoms with Gasteiger partial charge in [0.2, 0.25) is 0 Å². The Morgan fingerprint density at radius 1 is 1.50 bits per heavy atom.